The predicted molar refractivity (Wildman–Crippen MR) is 58.6 cm³/mol. The van der Waals surface area contributed by atoms with Gasteiger partial charge in [-0.3, -0.25) is 9.59 Å². The molecule has 6 nitrogen and oxygen atoms in total. The van der Waals surface area contributed by atoms with Crippen LogP contribution in [0.5, 0.6) is 0 Å². The van der Waals surface area contributed by atoms with E-state index in [1.807, 2.05) is 0 Å². The van der Waals surface area contributed by atoms with E-state index in [1.165, 1.54) is 13.1 Å². The summed E-state index contributed by atoms with van der Waals surface area (Å²) in [6.07, 6.45) is 3.66. The summed E-state index contributed by atoms with van der Waals surface area (Å²) in [4.78, 5) is 31.8. The standard InChI is InChI=1S/C11H13N3O3/c1-14(6-9(15)16)11(17)8-4-5-12-10(13-8)7-2-3-7/h4-5,7H,2-3,6H2,1H3,(H,15,16). The molecule has 0 spiro atoms. The van der Waals surface area contributed by atoms with E-state index in [2.05, 4.69) is 9.97 Å². The highest BCUT2D eigenvalue weighted by Gasteiger charge is 2.27. The van der Waals surface area contributed by atoms with Crippen molar-refractivity contribution >= 4 is 11.9 Å². The molecule has 0 atom stereocenters. The number of aromatic nitrogens is 2. The topological polar surface area (TPSA) is 83.4 Å². The van der Waals surface area contributed by atoms with Crippen molar-refractivity contribution in [3.63, 3.8) is 0 Å². The van der Waals surface area contributed by atoms with Crippen molar-refractivity contribution in [2.45, 2.75) is 18.8 Å². The number of carboxylic acid groups (broad SMARTS) is 1. The van der Waals surface area contributed by atoms with Crippen LogP contribution in [0.3, 0.4) is 0 Å². The summed E-state index contributed by atoms with van der Waals surface area (Å²) in [5.41, 5.74) is 0.255. The lowest BCUT2D eigenvalue weighted by Crippen LogP contribution is -2.32. The molecule has 0 saturated heterocycles. The van der Waals surface area contributed by atoms with Gasteiger partial charge >= 0.3 is 5.97 Å². The normalized spacial score (nSPS) is 14.4. The molecule has 1 aromatic heterocycles. The molecule has 2 rings (SSSR count). The van der Waals surface area contributed by atoms with Crippen molar-refractivity contribution in [3.8, 4) is 0 Å². The fourth-order valence-electron chi connectivity index (χ4n) is 1.50. The molecule has 90 valence electrons. The molecule has 6 heteroatoms. The minimum Gasteiger partial charge on any atom is -0.480 e. The average Bonchev–Trinajstić information content (AvgIpc) is 3.11. The number of nitrogens with zero attached hydrogens (tertiary/aromatic N) is 3. The van der Waals surface area contributed by atoms with Gasteiger partial charge in [-0.05, 0) is 18.9 Å². The maximum absolute atomic E-state index is 11.8. The van der Waals surface area contributed by atoms with E-state index in [1.54, 1.807) is 6.20 Å². The Morgan fingerprint density at radius 3 is 2.82 bits per heavy atom. The van der Waals surface area contributed by atoms with Gasteiger partial charge in [-0.15, -0.1) is 0 Å². The smallest absolute Gasteiger partial charge is 0.323 e. The summed E-state index contributed by atoms with van der Waals surface area (Å²) in [5, 5.41) is 8.61. The van der Waals surface area contributed by atoms with Crippen LogP contribution in [0.4, 0.5) is 0 Å². The summed E-state index contributed by atoms with van der Waals surface area (Å²) in [6.45, 7) is -0.332. The highest BCUT2D eigenvalue weighted by Crippen LogP contribution is 2.37. The Bertz CT molecular complexity index is 457. The number of aliphatic carboxylic acids is 1. The number of carbonyl (C=O) groups is 2. The second-order valence-corrected chi connectivity index (χ2v) is 4.13. The van der Waals surface area contributed by atoms with E-state index in [9.17, 15) is 9.59 Å². The fourth-order valence-corrected chi connectivity index (χ4v) is 1.50. The number of carbonyl (C=O) groups excluding carboxylic acids is 1. The molecular formula is C11H13N3O3. The van der Waals surface area contributed by atoms with Gasteiger partial charge in [0.2, 0.25) is 0 Å². The zero-order valence-corrected chi connectivity index (χ0v) is 9.46. The lowest BCUT2D eigenvalue weighted by atomic mass is 10.3. The first kappa shape index (κ1) is 11.5. The number of hydrogen-bond acceptors (Lipinski definition) is 4. The molecule has 1 saturated carbocycles. The molecule has 1 amide bonds. The van der Waals surface area contributed by atoms with E-state index >= 15 is 0 Å². The van der Waals surface area contributed by atoms with Crippen molar-refractivity contribution in [2.24, 2.45) is 0 Å². The Morgan fingerprint density at radius 2 is 2.24 bits per heavy atom. The third-order valence-electron chi connectivity index (χ3n) is 2.55. The molecule has 0 unspecified atom stereocenters. The second kappa shape index (κ2) is 4.48. The third-order valence-corrected chi connectivity index (χ3v) is 2.55. The Morgan fingerprint density at radius 1 is 1.53 bits per heavy atom. The quantitative estimate of drug-likeness (QED) is 0.822. The van der Waals surface area contributed by atoms with Crippen LogP contribution in [0.25, 0.3) is 0 Å². The monoisotopic (exact) mass is 235 g/mol. The molecule has 1 aromatic rings. The first-order chi connectivity index (χ1) is 8.08. The Kier molecular flexibility index (Phi) is 3.03. The molecule has 1 aliphatic carbocycles. The van der Waals surface area contributed by atoms with Crippen LogP contribution < -0.4 is 0 Å². The first-order valence-electron chi connectivity index (χ1n) is 5.38. The zero-order valence-electron chi connectivity index (χ0n) is 9.46. The van der Waals surface area contributed by atoms with Crippen LogP contribution in [-0.2, 0) is 4.79 Å². The van der Waals surface area contributed by atoms with Gasteiger partial charge < -0.3 is 10.0 Å². The lowest BCUT2D eigenvalue weighted by Gasteiger charge is -2.13. The van der Waals surface area contributed by atoms with Gasteiger partial charge in [0.25, 0.3) is 5.91 Å². The first-order valence-corrected chi connectivity index (χ1v) is 5.38. The molecule has 1 aliphatic rings. The van der Waals surface area contributed by atoms with E-state index in [0.717, 1.165) is 17.7 Å². The fraction of sp³-hybridized carbons (Fsp3) is 0.455. The molecule has 1 heterocycles. The second-order valence-electron chi connectivity index (χ2n) is 4.13. The van der Waals surface area contributed by atoms with Crippen molar-refractivity contribution in [1.29, 1.82) is 0 Å². The maximum Gasteiger partial charge on any atom is 0.323 e. The molecule has 1 fully saturated rings. The average molecular weight is 235 g/mol. The van der Waals surface area contributed by atoms with Crippen LogP contribution in [0.15, 0.2) is 12.3 Å². The van der Waals surface area contributed by atoms with Crippen molar-refractivity contribution in [3.05, 3.63) is 23.8 Å². The molecule has 0 radical (unpaired) electrons. The van der Waals surface area contributed by atoms with Crippen LogP contribution in [0, 0.1) is 0 Å². The van der Waals surface area contributed by atoms with E-state index < -0.39 is 11.9 Å². The Hall–Kier alpha value is -1.98. The van der Waals surface area contributed by atoms with Crippen LogP contribution in [0.1, 0.15) is 35.1 Å². The van der Waals surface area contributed by atoms with E-state index in [4.69, 9.17) is 5.11 Å². The summed E-state index contributed by atoms with van der Waals surface area (Å²) in [6, 6.07) is 1.51. The molecule has 1 N–H and O–H groups in total. The number of likely N-dealkylation sites (N-methyl/N-ethyl adjacent to an activating group) is 1. The highest BCUT2D eigenvalue weighted by molar-refractivity contribution is 5.93. The van der Waals surface area contributed by atoms with Gasteiger partial charge in [0.05, 0.1) is 0 Å². The summed E-state index contributed by atoms with van der Waals surface area (Å²) in [7, 11) is 1.44. The molecule has 0 bridgehead atoms. The Labute approximate surface area is 98.3 Å². The van der Waals surface area contributed by atoms with Gasteiger partial charge in [-0.25, -0.2) is 9.97 Å². The van der Waals surface area contributed by atoms with Gasteiger partial charge in [0, 0.05) is 19.2 Å². The van der Waals surface area contributed by atoms with Gasteiger partial charge in [-0.1, -0.05) is 0 Å². The number of amides is 1. The SMILES string of the molecule is CN(CC(=O)O)C(=O)c1ccnc(C2CC2)n1. The van der Waals surface area contributed by atoms with Crippen molar-refractivity contribution < 1.29 is 14.7 Å². The molecule has 0 aromatic carbocycles. The van der Waals surface area contributed by atoms with E-state index in [-0.39, 0.29) is 12.2 Å². The largest absolute Gasteiger partial charge is 0.480 e. The van der Waals surface area contributed by atoms with Crippen LogP contribution in [0.2, 0.25) is 0 Å². The third kappa shape index (κ3) is 2.77. The maximum atomic E-state index is 11.8. The summed E-state index contributed by atoms with van der Waals surface area (Å²) >= 11 is 0. The summed E-state index contributed by atoms with van der Waals surface area (Å²) in [5.74, 6) is -0.388. The number of hydrogen-bond donors (Lipinski definition) is 1. The Balaban J connectivity index is 2.12. The molecule has 17 heavy (non-hydrogen) atoms. The number of carboxylic acids is 1. The minimum atomic E-state index is -1.04. The van der Waals surface area contributed by atoms with Crippen LogP contribution >= 0.6 is 0 Å². The van der Waals surface area contributed by atoms with Gasteiger partial charge in [0.1, 0.15) is 18.1 Å². The predicted octanol–water partition coefficient (Wildman–Crippen LogP) is 0.511. The van der Waals surface area contributed by atoms with Gasteiger partial charge in [0.15, 0.2) is 0 Å². The molecule has 0 aliphatic heterocycles. The zero-order chi connectivity index (χ0) is 12.4. The number of rotatable bonds is 4. The van der Waals surface area contributed by atoms with Crippen molar-refractivity contribution in [1.82, 2.24) is 14.9 Å². The molecular weight excluding hydrogens is 222 g/mol. The van der Waals surface area contributed by atoms with Gasteiger partial charge in [-0.2, -0.15) is 0 Å². The summed E-state index contributed by atoms with van der Waals surface area (Å²) < 4.78 is 0. The lowest BCUT2D eigenvalue weighted by molar-refractivity contribution is -0.137. The highest BCUT2D eigenvalue weighted by atomic mass is 16.4. The van der Waals surface area contributed by atoms with E-state index in [0.29, 0.717) is 11.7 Å². The minimum absolute atomic E-state index is 0.255. The van der Waals surface area contributed by atoms with Crippen LogP contribution in [-0.4, -0.2) is 45.4 Å². The van der Waals surface area contributed by atoms with Crippen molar-refractivity contribution in [2.75, 3.05) is 13.6 Å².